The van der Waals surface area contributed by atoms with Crippen LogP contribution in [-0.4, -0.2) is 34.8 Å². The largest absolute Gasteiger partial charge is 0.338 e. The summed E-state index contributed by atoms with van der Waals surface area (Å²) < 4.78 is 0. The van der Waals surface area contributed by atoms with Crippen molar-refractivity contribution in [3.8, 4) is 0 Å². The Bertz CT molecular complexity index is 843. The Morgan fingerprint density at radius 1 is 1.15 bits per heavy atom. The van der Waals surface area contributed by atoms with E-state index in [0.717, 1.165) is 24.1 Å². The first-order valence-electron chi connectivity index (χ1n) is 9.29. The average Bonchev–Trinajstić information content (AvgIpc) is 2.67. The summed E-state index contributed by atoms with van der Waals surface area (Å²) in [7, 11) is 0. The Balaban J connectivity index is 1.58. The third-order valence-electron chi connectivity index (χ3n) is 4.74. The minimum Gasteiger partial charge on any atom is -0.338 e. The third-order valence-corrected chi connectivity index (χ3v) is 4.74. The summed E-state index contributed by atoms with van der Waals surface area (Å²) in [6.45, 7) is 5.04. The van der Waals surface area contributed by atoms with Crippen molar-refractivity contribution in [1.82, 2.24) is 9.88 Å². The van der Waals surface area contributed by atoms with E-state index in [-0.39, 0.29) is 17.7 Å². The van der Waals surface area contributed by atoms with Crippen LogP contribution in [0.25, 0.3) is 6.08 Å². The molecule has 1 atom stereocenters. The summed E-state index contributed by atoms with van der Waals surface area (Å²) in [5, 5.41) is 2.87. The molecule has 3 rings (SSSR count). The number of likely N-dealkylation sites (tertiary alicyclic amines) is 1. The van der Waals surface area contributed by atoms with E-state index in [1.54, 1.807) is 17.0 Å². The summed E-state index contributed by atoms with van der Waals surface area (Å²) in [6.07, 6.45) is 5.02. The van der Waals surface area contributed by atoms with Crippen LogP contribution in [0.1, 0.15) is 29.7 Å². The van der Waals surface area contributed by atoms with Crippen LogP contribution in [-0.2, 0) is 9.59 Å². The first kappa shape index (κ1) is 18.8. The molecule has 2 heterocycles. The summed E-state index contributed by atoms with van der Waals surface area (Å²) in [5.41, 5.74) is 3.03. The van der Waals surface area contributed by atoms with Gasteiger partial charge in [-0.2, -0.15) is 0 Å². The number of benzene rings is 1. The first-order valence-corrected chi connectivity index (χ1v) is 9.29. The van der Waals surface area contributed by atoms with Crippen LogP contribution in [0.2, 0.25) is 0 Å². The zero-order valence-corrected chi connectivity index (χ0v) is 15.8. The number of rotatable bonds is 4. The second-order valence-corrected chi connectivity index (χ2v) is 7.02. The number of aromatic nitrogens is 1. The topological polar surface area (TPSA) is 62.3 Å². The molecule has 0 bridgehead atoms. The molecule has 0 spiro atoms. The number of hydrogen-bond acceptors (Lipinski definition) is 3. The van der Waals surface area contributed by atoms with Gasteiger partial charge in [0.15, 0.2) is 0 Å². The Labute approximate surface area is 160 Å². The molecule has 1 aromatic heterocycles. The van der Waals surface area contributed by atoms with Crippen molar-refractivity contribution in [2.75, 3.05) is 18.4 Å². The van der Waals surface area contributed by atoms with E-state index in [9.17, 15) is 9.59 Å². The fraction of sp³-hybridized carbons (Fsp3) is 0.318. The van der Waals surface area contributed by atoms with Gasteiger partial charge < -0.3 is 10.2 Å². The monoisotopic (exact) mass is 363 g/mol. The fourth-order valence-corrected chi connectivity index (χ4v) is 3.18. The van der Waals surface area contributed by atoms with E-state index in [1.165, 1.54) is 5.56 Å². The molecule has 1 aliphatic heterocycles. The molecule has 1 unspecified atom stereocenters. The number of aryl methyl sites for hydroxylation is 2. The smallest absolute Gasteiger partial charge is 0.246 e. The normalized spacial score (nSPS) is 17.1. The van der Waals surface area contributed by atoms with Crippen molar-refractivity contribution < 1.29 is 9.59 Å². The Hall–Kier alpha value is -2.95. The molecule has 27 heavy (non-hydrogen) atoms. The number of amides is 2. The lowest BCUT2D eigenvalue weighted by molar-refractivity contribution is -0.130. The van der Waals surface area contributed by atoms with E-state index in [0.29, 0.717) is 18.9 Å². The molecule has 2 amide bonds. The highest BCUT2D eigenvalue weighted by Crippen LogP contribution is 2.19. The Morgan fingerprint density at radius 3 is 2.67 bits per heavy atom. The minimum atomic E-state index is -0.210. The van der Waals surface area contributed by atoms with Crippen molar-refractivity contribution in [3.05, 3.63) is 65.4 Å². The lowest BCUT2D eigenvalue weighted by Gasteiger charge is -2.31. The molecule has 1 aliphatic rings. The zero-order chi connectivity index (χ0) is 19.2. The SMILES string of the molecule is Cc1ccc(/C=C/C(=O)N2CCCC(C(=O)Nc3cccc(C)n3)C2)cc1. The van der Waals surface area contributed by atoms with Crippen LogP contribution in [0.5, 0.6) is 0 Å². The van der Waals surface area contributed by atoms with Crippen LogP contribution in [0, 0.1) is 19.8 Å². The predicted molar refractivity (Wildman–Crippen MR) is 107 cm³/mol. The van der Waals surface area contributed by atoms with Gasteiger partial charge in [-0.1, -0.05) is 35.9 Å². The molecule has 1 saturated heterocycles. The molecule has 0 aliphatic carbocycles. The first-order chi connectivity index (χ1) is 13.0. The number of pyridine rings is 1. The lowest BCUT2D eigenvalue weighted by atomic mass is 9.97. The van der Waals surface area contributed by atoms with E-state index in [4.69, 9.17) is 0 Å². The van der Waals surface area contributed by atoms with Gasteiger partial charge >= 0.3 is 0 Å². The van der Waals surface area contributed by atoms with E-state index >= 15 is 0 Å². The van der Waals surface area contributed by atoms with Gasteiger partial charge in [0.1, 0.15) is 5.82 Å². The number of nitrogens with zero attached hydrogens (tertiary/aromatic N) is 2. The van der Waals surface area contributed by atoms with Crippen molar-refractivity contribution in [3.63, 3.8) is 0 Å². The van der Waals surface area contributed by atoms with Crippen LogP contribution >= 0.6 is 0 Å². The van der Waals surface area contributed by atoms with Gasteiger partial charge in [0, 0.05) is 24.9 Å². The molecular formula is C22H25N3O2. The van der Waals surface area contributed by atoms with Crippen molar-refractivity contribution >= 4 is 23.7 Å². The van der Waals surface area contributed by atoms with E-state index in [1.807, 2.05) is 56.3 Å². The highest BCUT2D eigenvalue weighted by Gasteiger charge is 2.27. The number of nitrogens with one attached hydrogen (secondary N) is 1. The molecule has 0 radical (unpaired) electrons. The Morgan fingerprint density at radius 2 is 1.93 bits per heavy atom. The molecule has 0 saturated carbocycles. The standard InChI is InChI=1S/C22H25N3O2/c1-16-8-10-18(11-9-16)12-13-21(26)25-14-4-6-19(15-25)22(27)24-20-7-3-5-17(2)23-20/h3,5,7-13,19H,4,6,14-15H2,1-2H3,(H,23,24,27)/b13-12+. The molecule has 1 fully saturated rings. The van der Waals surface area contributed by atoms with Crippen LogP contribution < -0.4 is 5.32 Å². The van der Waals surface area contributed by atoms with Crippen LogP contribution in [0.4, 0.5) is 5.82 Å². The molecule has 1 N–H and O–H groups in total. The maximum absolute atomic E-state index is 12.6. The van der Waals surface area contributed by atoms with E-state index < -0.39 is 0 Å². The van der Waals surface area contributed by atoms with Gasteiger partial charge in [-0.3, -0.25) is 9.59 Å². The summed E-state index contributed by atoms with van der Waals surface area (Å²) in [6, 6.07) is 13.5. The molecule has 5 heteroatoms. The molecule has 140 valence electrons. The maximum Gasteiger partial charge on any atom is 0.246 e. The van der Waals surface area contributed by atoms with Crippen molar-refractivity contribution in [1.29, 1.82) is 0 Å². The maximum atomic E-state index is 12.6. The van der Waals surface area contributed by atoms with Gasteiger partial charge in [0.2, 0.25) is 11.8 Å². The second kappa shape index (κ2) is 8.62. The van der Waals surface area contributed by atoms with Gasteiger partial charge in [0.25, 0.3) is 0 Å². The molecular weight excluding hydrogens is 338 g/mol. The number of piperidine rings is 1. The Kier molecular flexibility index (Phi) is 6.01. The number of hydrogen-bond donors (Lipinski definition) is 1. The lowest BCUT2D eigenvalue weighted by Crippen LogP contribution is -2.43. The molecule has 2 aromatic rings. The second-order valence-electron chi connectivity index (χ2n) is 7.02. The number of anilines is 1. The molecule has 5 nitrogen and oxygen atoms in total. The minimum absolute atomic E-state index is 0.0539. The van der Waals surface area contributed by atoms with Gasteiger partial charge in [0.05, 0.1) is 5.92 Å². The van der Waals surface area contributed by atoms with Crippen molar-refractivity contribution in [2.24, 2.45) is 5.92 Å². The van der Waals surface area contributed by atoms with Crippen LogP contribution in [0.3, 0.4) is 0 Å². The van der Waals surface area contributed by atoms with Crippen molar-refractivity contribution in [2.45, 2.75) is 26.7 Å². The van der Waals surface area contributed by atoms with E-state index in [2.05, 4.69) is 10.3 Å². The highest BCUT2D eigenvalue weighted by molar-refractivity contribution is 5.94. The van der Waals surface area contributed by atoms with Gasteiger partial charge in [-0.15, -0.1) is 0 Å². The summed E-state index contributed by atoms with van der Waals surface area (Å²) in [4.78, 5) is 31.1. The fourth-order valence-electron chi connectivity index (χ4n) is 3.18. The number of carbonyl (C=O) groups is 2. The van der Waals surface area contributed by atoms with Crippen LogP contribution in [0.15, 0.2) is 48.5 Å². The number of carbonyl (C=O) groups excluding carboxylic acids is 2. The predicted octanol–water partition coefficient (Wildman–Crippen LogP) is 3.59. The summed E-state index contributed by atoms with van der Waals surface area (Å²) >= 11 is 0. The molecule has 1 aromatic carbocycles. The van der Waals surface area contributed by atoms with Gasteiger partial charge in [-0.05, 0) is 50.5 Å². The quantitative estimate of drug-likeness (QED) is 0.845. The highest BCUT2D eigenvalue weighted by atomic mass is 16.2. The van der Waals surface area contributed by atoms with Gasteiger partial charge in [-0.25, -0.2) is 4.98 Å². The zero-order valence-electron chi connectivity index (χ0n) is 15.8. The third kappa shape index (κ3) is 5.26. The average molecular weight is 363 g/mol. The summed E-state index contributed by atoms with van der Waals surface area (Å²) in [5.74, 6) is 0.218.